The molecule has 15 heteroatoms. The fourth-order valence-electron chi connectivity index (χ4n) is 2.84. The molecule has 0 aromatic rings. The predicted octanol–water partition coefficient (Wildman–Crippen LogP) is -3.13. The van der Waals surface area contributed by atoms with E-state index >= 15 is 0 Å². The van der Waals surface area contributed by atoms with Gasteiger partial charge in [-0.3, -0.25) is 14.1 Å². The number of aliphatic hydroxyl groups is 1. The van der Waals surface area contributed by atoms with Gasteiger partial charge in [0.15, 0.2) is 0 Å². The molecule has 8 N–H and O–H groups in total. The van der Waals surface area contributed by atoms with Crippen molar-refractivity contribution >= 4 is 37.4 Å². The Balaban J connectivity index is 2.58. The van der Waals surface area contributed by atoms with Gasteiger partial charge in [0, 0.05) is 12.7 Å². The van der Waals surface area contributed by atoms with E-state index in [-0.39, 0.29) is 0 Å². The minimum atomic E-state index is -5.24. The van der Waals surface area contributed by atoms with Crippen LogP contribution in [0.15, 0.2) is 0 Å². The molecule has 1 amide bonds. The molecule has 0 spiro atoms. The van der Waals surface area contributed by atoms with Gasteiger partial charge in [-0.1, -0.05) is 0 Å². The van der Waals surface area contributed by atoms with E-state index in [4.69, 9.17) is 30.7 Å². The lowest BCUT2D eigenvalue weighted by molar-refractivity contribution is -0.258. The second-order valence-electron chi connectivity index (χ2n) is 5.75. The topological polar surface area (TPSA) is 229 Å². The van der Waals surface area contributed by atoms with Crippen LogP contribution in [0.2, 0.25) is 0 Å². The maximum absolute atomic E-state index is 11.8. The van der Waals surface area contributed by atoms with Crippen LogP contribution in [0.25, 0.3) is 0 Å². The van der Waals surface area contributed by atoms with Crippen LogP contribution in [-0.2, 0) is 32.9 Å². The van der Waals surface area contributed by atoms with Gasteiger partial charge in [0.1, 0.15) is 18.3 Å². The van der Waals surface area contributed by atoms with E-state index in [1.807, 2.05) is 0 Å². The summed E-state index contributed by atoms with van der Waals surface area (Å²) >= 11 is 0.351. The summed E-state index contributed by atoms with van der Waals surface area (Å²) in [7, 11) is -5.24. The van der Waals surface area contributed by atoms with Crippen molar-refractivity contribution in [3.05, 3.63) is 0 Å². The van der Waals surface area contributed by atoms with E-state index in [2.05, 4.69) is 4.52 Å². The molecule has 0 aromatic carbocycles. The third kappa shape index (κ3) is 3.46. The Bertz CT molecular complexity index is 685. The molecule has 2 saturated heterocycles. The number of phosphoric acid groups is 1. The van der Waals surface area contributed by atoms with Crippen molar-refractivity contribution in [2.75, 3.05) is 5.75 Å². The predicted molar refractivity (Wildman–Crippen MR) is 82.3 cm³/mol. The van der Waals surface area contributed by atoms with Crippen LogP contribution in [0, 0.1) is 0 Å². The first-order valence-corrected chi connectivity index (χ1v) is 9.50. The second-order valence-corrected chi connectivity index (χ2v) is 8.14. The Hall–Kier alpha value is -1.25. The Labute approximate surface area is 150 Å². The van der Waals surface area contributed by atoms with Crippen molar-refractivity contribution in [2.45, 2.75) is 41.8 Å². The van der Waals surface area contributed by atoms with E-state index in [9.17, 15) is 29.2 Å². The zero-order valence-electron chi connectivity index (χ0n) is 13.2. The summed E-state index contributed by atoms with van der Waals surface area (Å²) in [5.41, 5.74) is 8.57. The molecule has 2 rings (SSSR count). The number of hydrogen-bond donors (Lipinski definition) is 6. The fourth-order valence-corrected chi connectivity index (χ4v) is 4.73. The third-order valence-corrected chi connectivity index (χ3v) is 5.93. The minimum Gasteiger partial charge on any atom is -0.479 e. The molecular weight excluding hydrogens is 399 g/mol. The summed E-state index contributed by atoms with van der Waals surface area (Å²) in [5.74, 6) is -4.63. The lowest BCUT2D eigenvalue weighted by atomic mass is 9.82. The number of hydrogen-bond acceptors (Lipinski definition) is 10. The number of carboxylic acid groups (broad SMARTS) is 1. The van der Waals surface area contributed by atoms with Crippen molar-refractivity contribution in [3.63, 3.8) is 0 Å². The molecular formula is C11H17N2O11PS. The number of esters is 1. The minimum absolute atomic E-state index is 0.351. The number of thioether (sulfide) groups is 1. The summed E-state index contributed by atoms with van der Waals surface area (Å²) < 4.78 is 26.0. The first-order valence-electron chi connectivity index (χ1n) is 6.99. The Kier molecular flexibility index (Phi) is 5.45. The number of ether oxygens (including phenoxy) is 2. The Morgan fingerprint density at radius 1 is 1.35 bits per heavy atom. The van der Waals surface area contributed by atoms with Gasteiger partial charge in [-0.2, -0.15) is 0 Å². The van der Waals surface area contributed by atoms with Gasteiger partial charge in [0.25, 0.3) is 5.91 Å². The lowest BCUT2D eigenvalue weighted by Crippen LogP contribution is -2.79. The summed E-state index contributed by atoms with van der Waals surface area (Å²) in [5, 5.41) is 20.1. The Morgan fingerprint density at radius 2 is 1.92 bits per heavy atom. The SMILES string of the molecule is CC(=O)OC1C(N)C(OP(=O)(O)O)C2(C(=O)O)CSC(O)(C(N)=O)C1O2. The zero-order chi connectivity index (χ0) is 20.1. The number of rotatable bonds is 5. The number of nitrogens with two attached hydrogens (primary N) is 2. The molecule has 26 heavy (non-hydrogen) atoms. The standard InChI is InChI=1S/C11H17N2O11PS/c1-3(14)22-5-4(12)6(24-25(19,20)21)10(9(16)17)2-26-11(18,8(13)15)7(5)23-10/h4-7,18H,2,12H2,1H3,(H2,13,15)(H,16,17)(H2,19,20,21). The largest absolute Gasteiger partial charge is 0.479 e. The molecule has 0 aromatic heterocycles. The number of primary amides is 1. The zero-order valence-corrected chi connectivity index (χ0v) is 14.9. The fraction of sp³-hybridized carbons (Fsp3) is 0.727. The van der Waals surface area contributed by atoms with Crippen molar-refractivity contribution in [3.8, 4) is 0 Å². The number of carboxylic acids is 1. The molecule has 2 aliphatic rings. The summed E-state index contributed by atoms with van der Waals surface area (Å²) in [4.78, 5) is 50.5. The van der Waals surface area contributed by atoms with Gasteiger partial charge in [-0.25, -0.2) is 9.36 Å². The number of carbonyl (C=O) groups excluding carboxylic acids is 2. The molecule has 6 unspecified atom stereocenters. The van der Waals surface area contributed by atoms with Crippen LogP contribution >= 0.6 is 19.6 Å². The molecule has 0 radical (unpaired) electrons. The number of fused-ring (bicyclic) bond motifs is 2. The normalized spacial score (nSPS) is 39.9. The van der Waals surface area contributed by atoms with Crippen LogP contribution in [0.5, 0.6) is 0 Å². The first-order chi connectivity index (χ1) is 11.7. The highest BCUT2D eigenvalue weighted by Gasteiger charge is 2.70. The number of phosphoric ester groups is 1. The highest BCUT2D eigenvalue weighted by Crippen LogP contribution is 2.51. The van der Waals surface area contributed by atoms with Gasteiger partial charge in [0.05, 0.1) is 6.04 Å². The van der Waals surface area contributed by atoms with Crippen LogP contribution in [0.1, 0.15) is 6.92 Å². The number of aliphatic carboxylic acids is 1. The molecule has 6 atom stereocenters. The van der Waals surface area contributed by atoms with E-state index in [1.54, 1.807) is 0 Å². The maximum Gasteiger partial charge on any atom is 0.470 e. The van der Waals surface area contributed by atoms with Crippen LogP contribution < -0.4 is 11.5 Å². The van der Waals surface area contributed by atoms with Gasteiger partial charge in [-0.15, -0.1) is 11.8 Å². The monoisotopic (exact) mass is 416 g/mol. The average molecular weight is 416 g/mol. The van der Waals surface area contributed by atoms with Gasteiger partial charge >= 0.3 is 19.8 Å². The van der Waals surface area contributed by atoms with E-state index in [0.29, 0.717) is 11.8 Å². The summed E-state index contributed by atoms with van der Waals surface area (Å²) in [6, 6.07) is -1.67. The summed E-state index contributed by atoms with van der Waals surface area (Å²) in [6.45, 7) is 0.962. The molecule has 2 fully saturated rings. The highest BCUT2D eigenvalue weighted by atomic mass is 32.2. The molecule has 2 bridgehead atoms. The van der Waals surface area contributed by atoms with E-state index < -0.39 is 66.3 Å². The van der Waals surface area contributed by atoms with Crippen LogP contribution in [-0.4, -0.2) is 78.5 Å². The molecule has 0 aliphatic carbocycles. The molecule has 13 nitrogen and oxygen atoms in total. The smallest absolute Gasteiger partial charge is 0.470 e. The highest BCUT2D eigenvalue weighted by molar-refractivity contribution is 8.01. The van der Waals surface area contributed by atoms with Crippen molar-refractivity contribution < 1.29 is 52.9 Å². The molecule has 148 valence electrons. The first kappa shape index (κ1) is 21.1. The number of carbonyl (C=O) groups is 3. The van der Waals surface area contributed by atoms with E-state index in [0.717, 1.165) is 6.92 Å². The lowest BCUT2D eigenvalue weighted by Gasteiger charge is -2.55. The molecule has 2 aliphatic heterocycles. The van der Waals surface area contributed by atoms with Crippen molar-refractivity contribution in [2.24, 2.45) is 11.5 Å². The van der Waals surface area contributed by atoms with Gasteiger partial charge < -0.3 is 40.9 Å². The van der Waals surface area contributed by atoms with Crippen molar-refractivity contribution in [1.82, 2.24) is 0 Å². The van der Waals surface area contributed by atoms with Gasteiger partial charge in [0.2, 0.25) is 10.5 Å². The van der Waals surface area contributed by atoms with Crippen molar-refractivity contribution in [1.29, 1.82) is 0 Å². The third-order valence-electron chi connectivity index (χ3n) is 3.98. The Morgan fingerprint density at radius 3 is 2.35 bits per heavy atom. The van der Waals surface area contributed by atoms with Crippen LogP contribution in [0.4, 0.5) is 0 Å². The van der Waals surface area contributed by atoms with E-state index in [1.165, 1.54) is 0 Å². The molecule has 0 saturated carbocycles. The second kappa shape index (κ2) is 6.73. The number of amides is 1. The average Bonchev–Trinajstić information content (AvgIpc) is 2.48. The maximum atomic E-state index is 11.8. The van der Waals surface area contributed by atoms with Crippen LogP contribution in [0.3, 0.4) is 0 Å². The molecule has 2 heterocycles. The van der Waals surface area contributed by atoms with Gasteiger partial charge in [-0.05, 0) is 0 Å². The summed E-state index contributed by atoms with van der Waals surface area (Å²) in [6.07, 6.45) is -5.46. The quantitative estimate of drug-likeness (QED) is 0.192.